The Morgan fingerprint density at radius 3 is 2.52 bits per heavy atom. The van der Waals surface area contributed by atoms with E-state index in [9.17, 15) is 9.59 Å². The highest BCUT2D eigenvalue weighted by Gasteiger charge is 2.15. The molecule has 1 amide bonds. The molecule has 2 heterocycles. The summed E-state index contributed by atoms with van der Waals surface area (Å²) in [5.41, 5.74) is 3.62. The molecule has 6 nitrogen and oxygen atoms in total. The van der Waals surface area contributed by atoms with Gasteiger partial charge in [0.25, 0.3) is 5.91 Å². The van der Waals surface area contributed by atoms with Crippen molar-refractivity contribution < 1.29 is 14.3 Å². The number of esters is 1. The number of amides is 1. The number of carbonyl (C=O) groups excluding carboxylic acids is 2. The van der Waals surface area contributed by atoms with Gasteiger partial charge in [-0.15, -0.1) is 0 Å². The highest BCUT2D eigenvalue weighted by molar-refractivity contribution is 6.13. The molecule has 0 saturated carbocycles. The standard InChI is InChI=1S/C23H17N3O3/c1-29-23(28)16-5-4-6-17(13-16)25-22(27)19-14-21(15-9-11-24-12-10-15)26-20-8-3-2-7-18(19)20/h2-14H,1H3,(H,25,27). The van der Waals surface area contributed by atoms with Crippen molar-refractivity contribution in [2.75, 3.05) is 12.4 Å². The van der Waals surface area contributed by atoms with Crippen LogP contribution in [0.15, 0.2) is 79.1 Å². The van der Waals surface area contributed by atoms with E-state index in [1.165, 1.54) is 7.11 Å². The molecule has 4 rings (SSSR count). The van der Waals surface area contributed by atoms with E-state index in [1.54, 1.807) is 42.7 Å². The second kappa shape index (κ2) is 7.90. The van der Waals surface area contributed by atoms with E-state index in [4.69, 9.17) is 4.74 Å². The minimum atomic E-state index is -0.463. The molecule has 2 aromatic carbocycles. The lowest BCUT2D eigenvalue weighted by Crippen LogP contribution is -2.13. The minimum Gasteiger partial charge on any atom is -0.465 e. The molecule has 0 radical (unpaired) electrons. The summed E-state index contributed by atoms with van der Waals surface area (Å²) in [6.45, 7) is 0. The van der Waals surface area contributed by atoms with E-state index in [0.29, 0.717) is 22.5 Å². The van der Waals surface area contributed by atoms with Gasteiger partial charge in [-0.25, -0.2) is 9.78 Å². The second-order valence-electron chi connectivity index (χ2n) is 6.33. The number of methoxy groups -OCH3 is 1. The van der Waals surface area contributed by atoms with Crippen LogP contribution in [0.3, 0.4) is 0 Å². The number of rotatable bonds is 4. The van der Waals surface area contributed by atoms with E-state index < -0.39 is 5.97 Å². The minimum absolute atomic E-state index is 0.291. The molecule has 4 aromatic rings. The Balaban J connectivity index is 1.75. The van der Waals surface area contributed by atoms with E-state index in [0.717, 1.165) is 16.5 Å². The first-order chi connectivity index (χ1) is 14.2. The summed E-state index contributed by atoms with van der Waals surface area (Å²) in [5, 5.41) is 3.60. The number of hydrogen-bond donors (Lipinski definition) is 1. The lowest BCUT2D eigenvalue weighted by atomic mass is 10.0. The summed E-state index contributed by atoms with van der Waals surface area (Å²) < 4.78 is 4.74. The van der Waals surface area contributed by atoms with Crippen molar-refractivity contribution in [1.82, 2.24) is 9.97 Å². The van der Waals surface area contributed by atoms with Gasteiger partial charge in [-0.2, -0.15) is 0 Å². The Kier molecular flexibility index (Phi) is 4.99. The summed E-state index contributed by atoms with van der Waals surface area (Å²) in [6, 6.07) is 19.5. The van der Waals surface area contributed by atoms with Crippen LogP contribution in [0, 0.1) is 0 Å². The van der Waals surface area contributed by atoms with Crippen molar-refractivity contribution in [1.29, 1.82) is 0 Å². The fraction of sp³-hybridized carbons (Fsp3) is 0.0435. The topological polar surface area (TPSA) is 81.2 Å². The molecule has 0 spiro atoms. The summed E-state index contributed by atoms with van der Waals surface area (Å²) in [6.07, 6.45) is 3.37. The molecule has 0 bridgehead atoms. The van der Waals surface area contributed by atoms with Crippen molar-refractivity contribution in [2.45, 2.75) is 0 Å². The van der Waals surface area contributed by atoms with Gasteiger partial charge in [0.05, 0.1) is 29.4 Å². The van der Waals surface area contributed by atoms with Gasteiger partial charge in [0, 0.05) is 29.0 Å². The summed E-state index contributed by atoms with van der Waals surface area (Å²) in [5.74, 6) is -0.753. The summed E-state index contributed by atoms with van der Waals surface area (Å²) in [7, 11) is 1.32. The Morgan fingerprint density at radius 2 is 1.72 bits per heavy atom. The quantitative estimate of drug-likeness (QED) is 0.530. The van der Waals surface area contributed by atoms with E-state index in [-0.39, 0.29) is 5.91 Å². The third kappa shape index (κ3) is 3.82. The molecule has 0 unspecified atom stereocenters. The average molecular weight is 383 g/mol. The van der Waals surface area contributed by atoms with Gasteiger partial charge in [0.15, 0.2) is 0 Å². The number of pyridine rings is 2. The molecule has 0 aliphatic rings. The fourth-order valence-corrected chi connectivity index (χ4v) is 3.07. The van der Waals surface area contributed by atoms with Crippen LogP contribution in [-0.2, 0) is 4.74 Å². The third-order valence-electron chi connectivity index (χ3n) is 4.48. The fourth-order valence-electron chi connectivity index (χ4n) is 3.07. The number of fused-ring (bicyclic) bond motifs is 1. The van der Waals surface area contributed by atoms with Gasteiger partial charge >= 0.3 is 5.97 Å². The zero-order chi connectivity index (χ0) is 20.2. The zero-order valence-corrected chi connectivity index (χ0v) is 15.6. The van der Waals surface area contributed by atoms with Gasteiger partial charge in [-0.05, 0) is 42.5 Å². The molecule has 0 aliphatic heterocycles. The summed E-state index contributed by atoms with van der Waals surface area (Å²) >= 11 is 0. The molecule has 0 atom stereocenters. The lowest BCUT2D eigenvalue weighted by Gasteiger charge is -2.11. The maximum Gasteiger partial charge on any atom is 0.337 e. The molecule has 6 heteroatoms. The maximum atomic E-state index is 13.1. The first-order valence-electron chi connectivity index (χ1n) is 8.95. The second-order valence-corrected chi connectivity index (χ2v) is 6.33. The number of aromatic nitrogens is 2. The van der Waals surface area contributed by atoms with E-state index in [1.807, 2.05) is 36.4 Å². The molecule has 1 N–H and O–H groups in total. The number of hydrogen-bond acceptors (Lipinski definition) is 5. The Labute approximate surface area is 167 Å². The smallest absolute Gasteiger partial charge is 0.337 e. The van der Waals surface area contributed by atoms with Crippen LogP contribution in [0.5, 0.6) is 0 Å². The van der Waals surface area contributed by atoms with Crippen LogP contribution in [0.2, 0.25) is 0 Å². The average Bonchev–Trinajstić information content (AvgIpc) is 2.78. The van der Waals surface area contributed by atoms with Gasteiger partial charge in [0.2, 0.25) is 0 Å². The summed E-state index contributed by atoms with van der Waals surface area (Å²) in [4.78, 5) is 33.6. The first kappa shape index (κ1) is 18.3. The highest BCUT2D eigenvalue weighted by atomic mass is 16.5. The number of ether oxygens (including phenoxy) is 1. The lowest BCUT2D eigenvalue weighted by molar-refractivity contribution is 0.0600. The van der Waals surface area contributed by atoms with Crippen molar-refractivity contribution in [3.05, 3.63) is 90.3 Å². The number of anilines is 1. The molecule has 29 heavy (non-hydrogen) atoms. The third-order valence-corrected chi connectivity index (χ3v) is 4.48. The van der Waals surface area contributed by atoms with Crippen molar-refractivity contribution in [2.24, 2.45) is 0 Å². The van der Waals surface area contributed by atoms with E-state index in [2.05, 4.69) is 15.3 Å². The van der Waals surface area contributed by atoms with Gasteiger partial charge < -0.3 is 10.1 Å². The Hall–Kier alpha value is -4.06. The Morgan fingerprint density at radius 1 is 0.931 bits per heavy atom. The van der Waals surface area contributed by atoms with Crippen LogP contribution < -0.4 is 5.32 Å². The van der Waals surface area contributed by atoms with Crippen molar-refractivity contribution in [3.63, 3.8) is 0 Å². The van der Waals surface area contributed by atoms with Gasteiger partial charge in [0.1, 0.15) is 0 Å². The molecule has 0 fully saturated rings. The van der Waals surface area contributed by atoms with Gasteiger partial charge in [-0.3, -0.25) is 9.78 Å². The molecule has 0 saturated heterocycles. The molecule has 142 valence electrons. The molecule has 2 aromatic heterocycles. The maximum absolute atomic E-state index is 13.1. The van der Waals surface area contributed by atoms with Crippen molar-refractivity contribution in [3.8, 4) is 11.3 Å². The monoisotopic (exact) mass is 383 g/mol. The predicted molar refractivity (Wildman–Crippen MR) is 111 cm³/mol. The number of benzene rings is 2. The van der Waals surface area contributed by atoms with Crippen LogP contribution >= 0.6 is 0 Å². The SMILES string of the molecule is COC(=O)c1cccc(NC(=O)c2cc(-c3ccncc3)nc3ccccc23)c1. The predicted octanol–water partition coefficient (Wildman–Crippen LogP) is 4.34. The highest BCUT2D eigenvalue weighted by Crippen LogP contribution is 2.25. The molecule has 0 aliphatic carbocycles. The van der Waals surface area contributed by atoms with Crippen LogP contribution in [0.1, 0.15) is 20.7 Å². The number of para-hydroxylation sites is 1. The Bertz CT molecular complexity index is 1210. The zero-order valence-electron chi connectivity index (χ0n) is 15.6. The molecular weight excluding hydrogens is 366 g/mol. The number of nitrogens with zero attached hydrogens (tertiary/aromatic N) is 2. The normalized spacial score (nSPS) is 10.5. The van der Waals surface area contributed by atoms with Crippen LogP contribution in [0.25, 0.3) is 22.2 Å². The first-order valence-corrected chi connectivity index (χ1v) is 8.95. The number of carbonyl (C=O) groups is 2. The van der Waals surface area contributed by atoms with Crippen LogP contribution in [0.4, 0.5) is 5.69 Å². The van der Waals surface area contributed by atoms with Crippen LogP contribution in [-0.4, -0.2) is 29.0 Å². The van der Waals surface area contributed by atoms with Gasteiger partial charge in [-0.1, -0.05) is 24.3 Å². The molecular formula is C23H17N3O3. The largest absolute Gasteiger partial charge is 0.465 e. The number of nitrogens with one attached hydrogen (secondary N) is 1. The van der Waals surface area contributed by atoms with E-state index >= 15 is 0 Å². The van der Waals surface area contributed by atoms with Crippen molar-refractivity contribution >= 4 is 28.5 Å².